The molecular formula is C20H14ClFN4O. The van der Waals surface area contributed by atoms with Gasteiger partial charge in [-0.3, -0.25) is 4.79 Å². The minimum Gasteiger partial charge on any atom is -0.353 e. The lowest BCUT2D eigenvalue weighted by atomic mass is 10.1. The van der Waals surface area contributed by atoms with Crippen molar-refractivity contribution in [2.45, 2.75) is 6.42 Å². The molecule has 27 heavy (non-hydrogen) atoms. The number of carbonyl (C=O) groups excluding carboxylic acids is 1. The molecule has 0 unspecified atom stereocenters. The Bertz CT molecular complexity index is 1120. The van der Waals surface area contributed by atoms with E-state index in [0.29, 0.717) is 11.0 Å². The zero-order valence-corrected chi connectivity index (χ0v) is 14.8. The molecule has 3 aromatic heterocycles. The van der Waals surface area contributed by atoms with Crippen molar-refractivity contribution in [1.82, 2.24) is 15.0 Å². The molecule has 0 aliphatic rings. The number of hydrogen-bond donors (Lipinski definition) is 2. The van der Waals surface area contributed by atoms with Crippen molar-refractivity contribution in [1.29, 1.82) is 0 Å². The molecular weight excluding hydrogens is 367 g/mol. The van der Waals surface area contributed by atoms with Crippen LogP contribution in [0.5, 0.6) is 0 Å². The second-order valence-electron chi connectivity index (χ2n) is 6.03. The summed E-state index contributed by atoms with van der Waals surface area (Å²) in [6, 6.07) is 14.9. The summed E-state index contributed by atoms with van der Waals surface area (Å²) in [5.41, 5.74) is 4.06. The maximum atomic E-state index is 13.0. The third kappa shape index (κ3) is 3.96. The van der Waals surface area contributed by atoms with Gasteiger partial charge < -0.3 is 10.3 Å². The molecule has 0 atom stereocenters. The predicted molar refractivity (Wildman–Crippen MR) is 103 cm³/mol. The molecule has 0 fully saturated rings. The lowest BCUT2D eigenvalue weighted by molar-refractivity contribution is -0.115. The van der Waals surface area contributed by atoms with E-state index in [0.717, 1.165) is 27.9 Å². The highest BCUT2D eigenvalue weighted by Crippen LogP contribution is 2.25. The van der Waals surface area contributed by atoms with Crippen molar-refractivity contribution in [2.24, 2.45) is 0 Å². The van der Waals surface area contributed by atoms with E-state index in [9.17, 15) is 9.18 Å². The first kappa shape index (κ1) is 17.2. The molecule has 0 spiro atoms. The molecule has 3 heterocycles. The Hall–Kier alpha value is -3.25. The smallest absolute Gasteiger partial charge is 0.229 e. The highest BCUT2D eigenvalue weighted by Gasteiger charge is 2.09. The minimum atomic E-state index is -0.331. The average Bonchev–Trinajstić information content (AvgIpc) is 3.07. The number of hydrogen-bond acceptors (Lipinski definition) is 3. The van der Waals surface area contributed by atoms with Crippen LogP contribution in [0.2, 0.25) is 5.15 Å². The summed E-state index contributed by atoms with van der Waals surface area (Å²) in [6.45, 7) is 0. The van der Waals surface area contributed by atoms with Crippen LogP contribution >= 0.6 is 11.6 Å². The Kier molecular flexibility index (Phi) is 4.56. The van der Waals surface area contributed by atoms with Crippen LogP contribution < -0.4 is 5.32 Å². The van der Waals surface area contributed by atoms with E-state index in [4.69, 9.17) is 11.6 Å². The van der Waals surface area contributed by atoms with Crippen molar-refractivity contribution in [3.63, 3.8) is 0 Å². The monoisotopic (exact) mass is 380 g/mol. The number of nitrogens with one attached hydrogen (secondary N) is 2. The van der Waals surface area contributed by atoms with Gasteiger partial charge in [0.2, 0.25) is 5.91 Å². The molecule has 0 aliphatic heterocycles. The second kappa shape index (κ2) is 7.17. The first-order chi connectivity index (χ1) is 13.1. The predicted octanol–water partition coefficient (Wildman–Crippen LogP) is 4.60. The molecule has 4 rings (SSSR count). The Labute approximate surface area is 159 Å². The van der Waals surface area contributed by atoms with Crippen LogP contribution in [0.25, 0.3) is 22.3 Å². The first-order valence-electron chi connectivity index (χ1n) is 8.23. The molecule has 0 saturated carbocycles. The fourth-order valence-electron chi connectivity index (χ4n) is 2.78. The number of aromatic nitrogens is 3. The van der Waals surface area contributed by atoms with Gasteiger partial charge in [-0.2, -0.15) is 0 Å². The van der Waals surface area contributed by atoms with Crippen LogP contribution in [0.15, 0.2) is 60.8 Å². The topological polar surface area (TPSA) is 70.7 Å². The summed E-state index contributed by atoms with van der Waals surface area (Å²) in [5.74, 6) is -0.122. The molecule has 0 aliphatic carbocycles. The van der Waals surface area contributed by atoms with Gasteiger partial charge in [0.1, 0.15) is 16.8 Å². The summed E-state index contributed by atoms with van der Waals surface area (Å²) in [7, 11) is 0. The molecule has 1 amide bonds. The molecule has 0 saturated heterocycles. The maximum absolute atomic E-state index is 13.0. The summed E-state index contributed by atoms with van der Waals surface area (Å²) in [5, 5.41) is 3.19. The number of benzene rings is 1. The van der Waals surface area contributed by atoms with Crippen LogP contribution in [0.3, 0.4) is 0 Å². The maximum Gasteiger partial charge on any atom is 0.229 e. The van der Waals surface area contributed by atoms with Crippen molar-refractivity contribution in [3.05, 3.63) is 77.3 Å². The molecule has 7 heteroatoms. The lowest BCUT2D eigenvalue weighted by Gasteiger charge is -2.06. The molecule has 1 aromatic carbocycles. The third-order valence-corrected chi connectivity index (χ3v) is 4.27. The lowest BCUT2D eigenvalue weighted by Crippen LogP contribution is -2.15. The fraction of sp³-hybridized carbons (Fsp3) is 0.0500. The number of carbonyl (C=O) groups is 1. The number of H-pyrrole nitrogens is 1. The van der Waals surface area contributed by atoms with Crippen LogP contribution in [0.4, 0.5) is 10.2 Å². The zero-order chi connectivity index (χ0) is 18.8. The van der Waals surface area contributed by atoms with E-state index in [1.807, 2.05) is 18.2 Å². The standard InChI is InChI=1S/C20H14ClFN4O/c21-18-6-5-15-17(25-18)11-16(24-15)13-7-8-23-19(10-13)26-20(27)9-12-1-3-14(22)4-2-12/h1-8,10-11,24H,9H2,(H,23,26,27). The van der Waals surface area contributed by atoms with Crippen LogP contribution in [0, 0.1) is 5.82 Å². The SMILES string of the molecule is O=C(Cc1ccc(F)cc1)Nc1cc(-c2cc3nc(Cl)ccc3[nH]2)ccn1. The normalized spacial score (nSPS) is 10.9. The summed E-state index contributed by atoms with van der Waals surface area (Å²) >= 11 is 5.93. The van der Waals surface area contributed by atoms with Crippen molar-refractivity contribution < 1.29 is 9.18 Å². The van der Waals surface area contributed by atoms with Crippen LogP contribution in [-0.4, -0.2) is 20.9 Å². The van der Waals surface area contributed by atoms with Crippen molar-refractivity contribution in [2.75, 3.05) is 5.32 Å². The quantitative estimate of drug-likeness (QED) is 0.508. The van der Waals surface area contributed by atoms with Gasteiger partial charge >= 0.3 is 0 Å². The average molecular weight is 381 g/mol. The Morgan fingerprint density at radius 3 is 2.74 bits per heavy atom. The van der Waals surface area contributed by atoms with E-state index in [1.54, 1.807) is 30.5 Å². The van der Waals surface area contributed by atoms with Crippen molar-refractivity contribution >= 4 is 34.4 Å². The second-order valence-corrected chi connectivity index (χ2v) is 6.42. The largest absolute Gasteiger partial charge is 0.353 e. The number of anilines is 1. The van der Waals surface area contributed by atoms with Gasteiger partial charge in [0.15, 0.2) is 0 Å². The molecule has 134 valence electrons. The molecule has 4 aromatic rings. The van der Waals surface area contributed by atoms with Crippen LogP contribution in [-0.2, 0) is 11.2 Å². The Balaban J connectivity index is 1.52. The van der Waals surface area contributed by atoms with Gasteiger partial charge in [-0.1, -0.05) is 23.7 Å². The van der Waals surface area contributed by atoms with Crippen LogP contribution in [0.1, 0.15) is 5.56 Å². The van der Waals surface area contributed by atoms with E-state index < -0.39 is 0 Å². The molecule has 0 radical (unpaired) electrons. The molecule has 5 nitrogen and oxygen atoms in total. The molecule has 2 N–H and O–H groups in total. The number of halogens is 2. The Morgan fingerprint density at radius 1 is 1.11 bits per heavy atom. The summed E-state index contributed by atoms with van der Waals surface area (Å²) in [4.78, 5) is 23.9. The van der Waals surface area contributed by atoms with Gasteiger partial charge in [0.25, 0.3) is 0 Å². The fourth-order valence-corrected chi connectivity index (χ4v) is 2.93. The van der Waals surface area contributed by atoms with Crippen molar-refractivity contribution in [3.8, 4) is 11.3 Å². The summed E-state index contributed by atoms with van der Waals surface area (Å²) in [6.07, 6.45) is 1.76. The highest BCUT2D eigenvalue weighted by molar-refractivity contribution is 6.29. The number of amides is 1. The third-order valence-electron chi connectivity index (χ3n) is 4.06. The number of aromatic amines is 1. The highest BCUT2D eigenvalue weighted by atomic mass is 35.5. The van der Waals surface area contributed by atoms with E-state index >= 15 is 0 Å². The number of pyridine rings is 2. The summed E-state index contributed by atoms with van der Waals surface area (Å²) < 4.78 is 13.0. The number of fused-ring (bicyclic) bond motifs is 1. The minimum absolute atomic E-state index is 0.140. The van der Waals surface area contributed by atoms with E-state index in [-0.39, 0.29) is 18.1 Å². The van der Waals surface area contributed by atoms with Gasteiger partial charge in [-0.15, -0.1) is 0 Å². The number of rotatable bonds is 4. The number of nitrogens with zero attached hydrogens (tertiary/aromatic N) is 2. The van der Waals surface area contributed by atoms with Gasteiger partial charge in [0, 0.05) is 17.5 Å². The molecule has 0 bridgehead atoms. The van der Waals surface area contributed by atoms with Gasteiger partial charge in [-0.05, 0) is 48.0 Å². The zero-order valence-electron chi connectivity index (χ0n) is 14.0. The van der Waals surface area contributed by atoms with E-state index in [2.05, 4.69) is 20.3 Å². The van der Waals surface area contributed by atoms with E-state index in [1.165, 1.54) is 12.1 Å². The van der Waals surface area contributed by atoms with Gasteiger partial charge in [-0.25, -0.2) is 14.4 Å². The first-order valence-corrected chi connectivity index (χ1v) is 8.60. The van der Waals surface area contributed by atoms with Gasteiger partial charge in [0.05, 0.1) is 17.5 Å². The Morgan fingerprint density at radius 2 is 1.93 bits per heavy atom.